The summed E-state index contributed by atoms with van der Waals surface area (Å²) in [6.45, 7) is 8.41. The van der Waals surface area contributed by atoms with Gasteiger partial charge in [0.1, 0.15) is 11.6 Å². The lowest BCUT2D eigenvalue weighted by atomic mass is 10.1. The summed E-state index contributed by atoms with van der Waals surface area (Å²) in [4.78, 5) is 13.9. The molecular formula is C18H27N5O. The van der Waals surface area contributed by atoms with Gasteiger partial charge in [0.25, 0.3) is 0 Å². The maximum Gasteiger partial charge on any atom is 0.145 e. The third-order valence-corrected chi connectivity index (χ3v) is 4.70. The van der Waals surface area contributed by atoms with Crippen LogP contribution in [-0.2, 0) is 6.54 Å². The summed E-state index contributed by atoms with van der Waals surface area (Å²) in [6.07, 6.45) is 0.790. The molecule has 1 aromatic heterocycles. The van der Waals surface area contributed by atoms with Crippen LogP contribution in [0.15, 0.2) is 24.3 Å². The Hall–Kier alpha value is -1.76. The second-order valence-corrected chi connectivity index (χ2v) is 6.68. The van der Waals surface area contributed by atoms with Crippen molar-refractivity contribution in [2.45, 2.75) is 39.0 Å². The molecule has 1 fully saturated rings. The van der Waals surface area contributed by atoms with Gasteiger partial charge in [-0.2, -0.15) is 0 Å². The van der Waals surface area contributed by atoms with Crippen LogP contribution in [0.2, 0.25) is 0 Å². The molecule has 24 heavy (non-hydrogen) atoms. The maximum atomic E-state index is 9.66. The number of aliphatic hydroxyl groups excluding tert-OH is 1. The maximum absolute atomic E-state index is 9.66. The zero-order valence-corrected chi connectivity index (χ0v) is 14.5. The van der Waals surface area contributed by atoms with Gasteiger partial charge in [0.2, 0.25) is 0 Å². The lowest BCUT2D eigenvalue weighted by Gasteiger charge is -2.41. The van der Waals surface area contributed by atoms with E-state index in [-0.39, 0.29) is 6.10 Å². The Morgan fingerprint density at radius 3 is 2.83 bits per heavy atom. The Bertz CT molecular complexity index is 690. The van der Waals surface area contributed by atoms with E-state index in [0.717, 1.165) is 49.3 Å². The van der Waals surface area contributed by atoms with Gasteiger partial charge < -0.3 is 10.8 Å². The molecule has 3 N–H and O–H groups in total. The highest BCUT2D eigenvalue weighted by Gasteiger charge is 2.26. The van der Waals surface area contributed by atoms with Crippen LogP contribution in [0.25, 0.3) is 10.9 Å². The third-order valence-electron chi connectivity index (χ3n) is 4.70. The average molecular weight is 329 g/mol. The molecule has 2 atom stereocenters. The van der Waals surface area contributed by atoms with Crippen molar-refractivity contribution in [2.75, 3.05) is 31.9 Å². The number of nitrogens with two attached hydrogens (primary N) is 1. The Morgan fingerprint density at radius 1 is 1.29 bits per heavy atom. The molecule has 0 unspecified atom stereocenters. The van der Waals surface area contributed by atoms with E-state index in [1.165, 1.54) is 0 Å². The standard InChI is InChI=1S/C18H27N5O/c1-3-14-11-22(8-9-23(14)10-13(2)24)12-17-20-16-7-5-4-6-15(16)18(19)21-17/h4-7,13-14,24H,3,8-12H2,1-2H3,(H2,19,20,21)/t13-,14-/m0/s1. The fraction of sp³-hybridized carbons (Fsp3) is 0.556. The summed E-state index contributed by atoms with van der Waals surface area (Å²) in [5.74, 6) is 1.33. The van der Waals surface area contributed by atoms with Crippen molar-refractivity contribution in [3.05, 3.63) is 30.1 Å². The molecule has 6 nitrogen and oxygen atoms in total. The number of anilines is 1. The fourth-order valence-electron chi connectivity index (χ4n) is 3.49. The Balaban J connectivity index is 1.70. The van der Waals surface area contributed by atoms with Gasteiger partial charge in [-0.3, -0.25) is 9.80 Å². The fourth-order valence-corrected chi connectivity index (χ4v) is 3.49. The molecule has 130 valence electrons. The van der Waals surface area contributed by atoms with Gasteiger partial charge in [-0.15, -0.1) is 0 Å². The van der Waals surface area contributed by atoms with Gasteiger partial charge in [-0.25, -0.2) is 9.97 Å². The molecule has 0 spiro atoms. The number of hydrogen-bond acceptors (Lipinski definition) is 6. The van der Waals surface area contributed by atoms with Crippen molar-refractivity contribution in [1.29, 1.82) is 0 Å². The van der Waals surface area contributed by atoms with E-state index in [2.05, 4.69) is 26.7 Å². The number of β-amino-alcohol motifs (C(OH)–C–C–N with tert-alkyl or cyclic N) is 1. The van der Waals surface area contributed by atoms with Crippen molar-refractivity contribution >= 4 is 16.7 Å². The van der Waals surface area contributed by atoms with Gasteiger partial charge in [0.05, 0.1) is 18.2 Å². The van der Waals surface area contributed by atoms with Crippen LogP contribution in [0.4, 0.5) is 5.82 Å². The number of aliphatic hydroxyl groups is 1. The first-order valence-corrected chi connectivity index (χ1v) is 8.72. The number of rotatable bonds is 5. The highest BCUT2D eigenvalue weighted by molar-refractivity contribution is 5.87. The van der Waals surface area contributed by atoms with Crippen molar-refractivity contribution in [2.24, 2.45) is 0 Å². The summed E-state index contributed by atoms with van der Waals surface area (Å²) in [5.41, 5.74) is 6.99. The normalized spacial score (nSPS) is 21.2. The van der Waals surface area contributed by atoms with Crippen LogP contribution < -0.4 is 5.73 Å². The van der Waals surface area contributed by atoms with Gasteiger partial charge in [0, 0.05) is 37.6 Å². The molecule has 3 rings (SSSR count). The van der Waals surface area contributed by atoms with Crippen LogP contribution in [0.5, 0.6) is 0 Å². The lowest BCUT2D eigenvalue weighted by molar-refractivity contribution is 0.0329. The molecule has 6 heteroatoms. The second kappa shape index (κ2) is 7.42. The highest BCUT2D eigenvalue weighted by atomic mass is 16.3. The minimum atomic E-state index is -0.283. The number of benzene rings is 1. The molecule has 0 bridgehead atoms. The van der Waals surface area contributed by atoms with E-state index in [0.29, 0.717) is 18.4 Å². The van der Waals surface area contributed by atoms with Crippen molar-refractivity contribution in [3.8, 4) is 0 Å². The first-order valence-electron chi connectivity index (χ1n) is 8.72. The van der Waals surface area contributed by atoms with Gasteiger partial charge >= 0.3 is 0 Å². The van der Waals surface area contributed by atoms with Crippen molar-refractivity contribution in [3.63, 3.8) is 0 Å². The molecular weight excluding hydrogens is 302 g/mol. The molecule has 1 aromatic carbocycles. The third kappa shape index (κ3) is 3.83. The van der Waals surface area contributed by atoms with E-state index >= 15 is 0 Å². The first kappa shape index (κ1) is 17.1. The lowest BCUT2D eigenvalue weighted by Crippen LogP contribution is -2.54. The topological polar surface area (TPSA) is 78.5 Å². The summed E-state index contributed by atoms with van der Waals surface area (Å²) >= 11 is 0. The smallest absolute Gasteiger partial charge is 0.145 e. The molecule has 2 aromatic rings. The predicted octanol–water partition coefficient (Wildman–Crippen LogP) is 1.49. The van der Waals surface area contributed by atoms with Crippen LogP contribution in [-0.4, -0.2) is 63.2 Å². The molecule has 0 saturated carbocycles. The molecule has 2 heterocycles. The number of para-hydroxylation sites is 1. The van der Waals surface area contributed by atoms with E-state index in [1.54, 1.807) is 0 Å². The van der Waals surface area contributed by atoms with Crippen LogP contribution >= 0.6 is 0 Å². The Kier molecular flexibility index (Phi) is 5.28. The quantitative estimate of drug-likeness (QED) is 0.865. The zero-order valence-electron chi connectivity index (χ0n) is 14.5. The van der Waals surface area contributed by atoms with Gasteiger partial charge in [0.15, 0.2) is 0 Å². The summed E-state index contributed by atoms with van der Waals surface area (Å²) in [6, 6.07) is 8.32. The monoisotopic (exact) mass is 329 g/mol. The van der Waals surface area contributed by atoms with E-state index in [9.17, 15) is 5.11 Å². The molecule has 1 aliphatic rings. The van der Waals surface area contributed by atoms with Crippen molar-refractivity contribution < 1.29 is 5.11 Å². The number of hydrogen-bond donors (Lipinski definition) is 2. The number of aromatic nitrogens is 2. The molecule has 1 aliphatic heterocycles. The van der Waals surface area contributed by atoms with E-state index < -0.39 is 0 Å². The predicted molar refractivity (Wildman–Crippen MR) is 96.6 cm³/mol. The van der Waals surface area contributed by atoms with Crippen LogP contribution in [0.3, 0.4) is 0 Å². The van der Waals surface area contributed by atoms with Crippen LogP contribution in [0.1, 0.15) is 26.1 Å². The molecule has 0 amide bonds. The summed E-state index contributed by atoms with van der Waals surface area (Å²) in [7, 11) is 0. The van der Waals surface area contributed by atoms with E-state index in [1.807, 2.05) is 31.2 Å². The largest absolute Gasteiger partial charge is 0.392 e. The van der Waals surface area contributed by atoms with Gasteiger partial charge in [-0.05, 0) is 25.5 Å². The number of nitrogen functional groups attached to an aromatic ring is 1. The minimum Gasteiger partial charge on any atom is -0.392 e. The second-order valence-electron chi connectivity index (χ2n) is 6.68. The van der Waals surface area contributed by atoms with Gasteiger partial charge in [-0.1, -0.05) is 19.1 Å². The number of piperazine rings is 1. The summed E-state index contributed by atoms with van der Waals surface area (Å²) in [5, 5.41) is 10.6. The highest BCUT2D eigenvalue weighted by Crippen LogP contribution is 2.19. The molecule has 0 radical (unpaired) electrons. The van der Waals surface area contributed by atoms with E-state index in [4.69, 9.17) is 5.73 Å². The molecule has 0 aliphatic carbocycles. The Morgan fingerprint density at radius 2 is 2.08 bits per heavy atom. The van der Waals surface area contributed by atoms with Crippen molar-refractivity contribution in [1.82, 2.24) is 19.8 Å². The zero-order chi connectivity index (χ0) is 17.1. The SMILES string of the molecule is CC[C@H]1CN(Cc2nc(N)c3ccccc3n2)CCN1C[C@H](C)O. The number of fused-ring (bicyclic) bond motifs is 1. The number of nitrogens with zero attached hydrogens (tertiary/aromatic N) is 4. The molecule has 1 saturated heterocycles. The first-order chi connectivity index (χ1) is 11.6. The average Bonchev–Trinajstić information content (AvgIpc) is 2.56. The Labute approximate surface area is 143 Å². The summed E-state index contributed by atoms with van der Waals surface area (Å²) < 4.78 is 0. The minimum absolute atomic E-state index is 0.283. The van der Waals surface area contributed by atoms with Crippen LogP contribution in [0, 0.1) is 0 Å².